The van der Waals surface area contributed by atoms with Gasteiger partial charge in [-0.05, 0) is 43.4 Å². The molecule has 10 heteroatoms. The van der Waals surface area contributed by atoms with Crippen LogP contribution in [0.3, 0.4) is 0 Å². The maximum absolute atomic E-state index is 12.6. The second kappa shape index (κ2) is 11.6. The molecular formula is C20H33IN4O4S. The van der Waals surface area contributed by atoms with E-state index in [1.54, 1.807) is 23.5 Å². The Balaban J connectivity index is 0.00000320. The van der Waals surface area contributed by atoms with E-state index in [0.29, 0.717) is 50.1 Å². The van der Waals surface area contributed by atoms with Crippen LogP contribution in [-0.4, -0.2) is 70.3 Å². The van der Waals surface area contributed by atoms with Crippen LogP contribution in [0.2, 0.25) is 0 Å². The third-order valence-electron chi connectivity index (χ3n) is 5.77. The minimum absolute atomic E-state index is 0. The molecule has 2 heterocycles. The van der Waals surface area contributed by atoms with Crippen molar-refractivity contribution in [2.75, 3.05) is 46.5 Å². The summed E-state index contributed by atoms with van der Waals surface area (Å²) in [5.41, 5.74) is 0.917. The molecule has 170 valence electrons. The quantitative estimate of drug-likeness (QED) is 0.257. The van der Waals surface area contributed by atoms with Gasteiger partial charge in [0.25, 0.3) is 0 Å². The van der Waals surface area contributed by atoms with E-state index in [-0.39, 0.29) is 36.0 Å². The van der Waals surface area contributed by atoms with Crippen LogP contribution in [0.25, 0.3) is 0 Å². The summed E-state index contributed by atoms with van der Waals surface area (Å²) in [6, 6.07) is 7.02. The molecule has 1 atom stereocenters. The second-order valence-electron chi connectivity index (χ2n) is 7.81. The van der Waals surface area contributed by atoms with Crippen molar-refractivity contribution in [3.8, 4) is 0 Å². The lowest BCUT2D eigenvalue weighted by Crippen LogP contribution is -2.44. The number of sulfonamides is 1. The highest BCUT2D eigenvalue weighted by Crippen LogP contribution is 2.31. The van der Waals surface area contributed by atoms with Crippen LogP contribution in [0.4, 0.5) is 0 Å². The van der Waals surface area contributed by atoms with Crippen LogP contribution in [0, 0.1) is 5.41 Å². The lowest BCUT2D eigenvalue weighted by molar-refractivity contribution is 0.127. The molecule has 0 saturated carbocycles. The number of guanidine groups is 1. The Hall–Kier alpha value is -0.950. The molecular weight excluding hydrogens is 519 g/mol. The molecule has 2 aliphatic heterocycles. The number of nitrogens with zero attached hydrogens (tertiary/aromatic N) is 2. The zero-order valence-corrected chi connectivity index (χ0v) is 20.6. The monoisotopic (exact) mass is 552 g/mol. The molecule has 30 heavy (non-hydrogen) atoms. The van der Waals surface area contributed by atoms with Crippen molar-refractivity contribution in [3.63, 3.8) is 0 Å². The average molecular weight is 552 g/mol. The average Bonchev–Trinajstić information content (AvgIpc) is 3.42. The Bertz CT molecular complexity index is 790. The van der Waals surface area contributed by atoms with Gasteiger partial charge < -0.3 is 20.5 Å². The molecule has 0 spiro atoms. The molecule has 0 bridgehead atoms. The fourth-order valence-corrected chi connectivity index (χ4v) is 5.36. The molecule has 2 aliphatic rings. The lowest BCUT2D eigenvalue weighted by atomic mass is 9.84. The Morgan fingerprint density at radius 3 is 2.50 bits per heavy atom. The van der Waals surface area contributed by atoms with Crippen LogP contribution in [0.15, 0.2) is 34.2 Å². The van der Waals surface area contributed by atoms with Crippen molar-refractivity contribution in [2.45, 2.75) is 37.1 Å². The summed E-state index contributed by atoms with van der Waals surface area (Å²) in [6.45, 7) is 3.94. The van der Waals surface area contributed by atoms with Gasteiger partial charge in [-0.15, -0.1) is 24.0 Å². The third kappa shape index (κ3) is 6.28. The predicted molar refractivity (Wildman–Crippen MR) is 128 cm³/mol. The number of aliphatic imine (C=N–C) groups is 1. The third-order valence-corrected chi connectivity index (χ3v) is 7.68. The molecule has 8 nitrogen and oxygen atoms in total. The molecule has 1 aromatic rings. The van der Waals surface area contributed by atoms with Crippen LogP contribution in [0.5, 0.6) is 0 Å². The number of benzene rings is 1. The van der Waals surface area contributed by atoms with Crippen LogP contribution in [0.1, 0.15) is 31.2 Å². The summed E-state index contributed by atoms with van der Waals surface area (Å²) in [7, 11) is -1.66. The number of hydrogen-bond acceptors (Lipinski definition) is 5. The fraction of sp³-hybridized carbons (Fsp3) is 0.650. The highest BCUT2D eigenvalue weighted by Gasteiger charge is 2.34. The fourth-order valence-electron chi connectivity index (χ4n) is 3.85. The van der Waals surface area contributed by atoms with E-state index < -0.39 is 10.0 Å². The number of rotatable bonds is 8. The van der Waals surface area contributed by atoms with E-state index in [1.165, 1.54) is 0 Å². The first-order chi connectivity index (χ1) is 14.0. The van der Waals surface area contributed by atoms with Gasteiger partial charge in [0.2, 0.25) is 10.0 Å². The van der Waals surface area contributed by atoms with Crippen molar-refractivity contribution in [1.29, 1.82) is 0 Å². The van der Waals surface area contributed by atoms with Gasteiger partial charge in [0, 0.05) is 51.9 Å². The molecule has 3 rings (SSSR count). The van der Waals surface area contributed by atoms with Crippen molar-refractivity contribution >= 4 is 40.0 Å². The number of ether oxygens (including phenoxy) is 1. The first kappa shape index (κ1) is 25.3. The van der Waals surface area contributed by atoms with Gasteiger partial charge in [-0.1, -0.05) is 12.1 Å². The van der Waals surface area contributed by atoms with Gasteiger partial charge >= 0.3 is 0 Å². The van der Waals surface area contributed by atoms with E-state index >= 15 is 0 Å². The number of nitrogens with one attached hydrogen (secondary N) is 2. The van der Waals surface area contributed by atoms with E-state index in [2.05, 4.69) is 15.6 Å². The Kier molecular flexibility index (Phi) is 9.79. The van der Waals surface area contributed by atoms with Crippen LogP contribution < -0.4 is 10.6 Å². The maximum atomic E-state index is 12.6. The molecule has 1 aromatic carbocycles. The SMILES string of the molecule is CN=C(NCc1ccc(S(=O)(=O)N2CCCC2)cc1)NCC1(CCO)CCOC1.I. The summed E-state index contributed by atoms with van der Waals surface area (Å²) in [4.78, 5) is 4.60. The van der Waals surface area contributed by atoms with E-state index in [4.69, 9.17) is 4.74 Å². The van der Waals surface area contributed by atoms with Crippen molar-refractivity contribution in [1.82, 2.24) is 14.9 Å². The molecule has 0 aliphatic carbocycles. The zero-order valence-electron chi connectivity index (χ0n) is 17.5. The predicted octanol–water partition coefficient (Wildman–Crippen LogP) is 1.54. The van der Waals surface area contributed by atoms with Crippen molar-refractivity contribution < 1.29 is 18.3 Å². The number of hydrogen-bond donors (Lipinski definition) is 3. The number of halogens is 1. The Labute approximate surface area is 196 Å². The van der Waals surface area contributed by atoms with Gasteiger partial charge in [-0.3, -0.25) is 4.99 Å². The molecule has 0 radical (unpaired) electrons. The summed E-state index contributed by atoms with van der Waals surface area (Å²) in [5, 5.41) is 15.9. The molecule has 2 saturated heterocycles. The van der Waals surface area contributed by atoms with E-state index in [1.807, 2.05) is 12.1 Å². The summed E-state index contributed by atoms with van der Waals surface area (Å²) < 4.78 is 32.3. The van der Waals surface area contributed by atoms with E-state index in [9.17, 15) is 13.5 Å². The maximum Gasteiger partial charge on any atom is 0.243 e. The summed E-state index contributed by atoms with van der Waals surface area (Å²) in [6.07, 6.45) is 3.48. The topological polar surface area (TPSA) is 103 Å². The first-order valence-electron chi connectivity index (χ1n) is 10.2. The minimum atomic E-state index is -3.38. The standard InChI is InChI=1S/C20H32N4O4S.HI/c1-21-19(23-15-20(8-12-25)9-13-28-16-20)22-14-17-4-6-18(7-5-17)29(26,27)24-10-2-3-11-24;/h4-7,25H,2-3,8-16H2,1H3,(H2,21,22,23);1H. The minimum Gasteiger partial charge on any atom is -0.396 e. The zero-order chi connectivity index (χ0) is 20.7. The van der Waals surface area contributed by atoms with Crippen LogP contribution >= 0.6 is 24.0 Å². The summed E-state index contributed by atoms with van der Waals surface area (Å²) in [5.74, 6) is 0.669. The summed E-state index contributed by atoms with van der Waals surface area (Å²) >= 11 is 0. The number of aliphatic hydroxyl groups is 1. The van der Waals surface area contributed by atoms with Gasteiger partial charge in [0.15, 0.2) is 5.96 Å². The molecule has 0 amide bonds. The van der Waals surface area contributed by atoms with Crippen molar-refractivity contribution in [3.05, 3.63) is 29.8 Å². The van der Waals surface area contributed by atoms with Gasteiger partial charge in [0.1, 0.15) is 0 Å². The molecule has 2 fully saturated rings. The second-order valence-corrected chi connectivity index (χ2v) is 9.75. The molecule has 0 aromatic heterocycles. The van der Waals surface area contributed by atoms with Gasteiger partial charge in [-0.2, -0.15) is 4.31 Å². The first-order valence-corrected chi connectivity index (χ1v) is 11.7. The van der Waals surface area contributed by atoms with Gasteiger partial charge in [-0.25, -0.2) is 8.42 Å². The molecule has 3 N–H and O–H groups in total. The smallest absolute Gasteiger partial charge is 0.243 e. The van der Waals surface area contributed by atoms with E-state index in [0.717, 1.165) is 31.4 Å². The lowest BCUT2D eigenvalue weighted by Gasteiger charge is -2.27. The highest BCUT2D eigenvalue weighted by molar-refractivity contribution is 14.0. The highest BCUT2D eigenvalue weighted by atomic mass is 127. The van der Waals surface area contributed by atoms with Gasteiger partial charge in [0.05, 0.1) is 11.5 Å². The number of aliphatic hydroxyl groups excluding tert-OH is 1. The normalized spacial score (nSPS) is 22.7. The molecule has 1 unspecified atom stereocenters. The van der Waals surface area contributed by atoms with Crippen molar-refractivity contribution in [2.24, 2.45) is 10.4 Å². The Morgan fingerprint density at radius 1 is 1.23 bits per heavy atom. The Morgan fingerprint density at radius 2 is 1.93 bits per heavy atom. The van der Waals surface area contributed by atoms with Crippen LogP contribution in [-0.2, 0) is 21.3 Å². The largest absolute Gasteiger partial charge is 0.396 e.